The summed E-state index contributed by atoms with van der Waals surface area (Å²) >= 11 is 0. The van der Waals surface area contributed by atoms with Crippen LogP contribution in [0.15, 0.2) is 49.9 Å². The molecule has 0 fully saturated rings. The first-order valence-electron chi connectivity index (χ1n) is 6.49. The molecule has 9 heteroatoms. The lowest BCUT2D eigenvalue weighted by Gasteiger charge is -2.08. The van der Waals surface area contributed by atoms with Crippen molar-refractivity contribution >= 4 is 22.3 Å². The second-order valence-electron chi connectivity index (χ2n) is 4.82. The van der Waals surface area contributed by atoms with Gasteiger partial charge in [-0.1, -0.05) is 0 Å². The largest absolute Gasteiger partial charge is 0.508 e. The first-order chi connectivity index (χ1) is 11.5. The SMILES string of the molecule is O=Nc1c(-c2cc(=O)c3c(N=O)cc(O)cc3o2)ccc(O)c1O. The smallest absolute Gasteiger partial charge is 0.195 e. The summed E-state index contributed by atoms with van der Waals surface area (Å²) in [5, 5.41) is 33.8. The zero-order valence-corrected chi connectivity index (χ0v) is 11.8. The molecule has 3 N–H and O–H groups in total. The lowest BCUT2D eigenvalue weighted by atomic mass is 10.1. The van der Waals surface area contributed by atoms with Crippen LogP contribution in [0.1, 0.15) is 0 Å². The summed E-state index contributed by atoms with van der Waals surface area (Å²) in [7, 11) is 0. The molecular weight excluding hydrogens is 320 g/mol. The van der Waals surface area contributed by atoms with Crippen LogP contribution in [0.2, 0.25) is 0 Å². The van der Waals surface area contributed by atoms with E-state index in [0.717, 1.165) is 24.3 Å². The van der Waals surface area contributed by atoms with Gasteiger partial charge in [-0.15, -0.1) is 9.81 Å². The summed E-state index contributed by atoms with van der Waals surface area (Å²) in [4.78, 5) is 34.0. The number of hydrogen-bond donors (Lipinski definition) is 3. The van der Waals surface area contributed by atoms with Gasteiger partial charge in [0.15, 0.2) is 22.6 Å². The van der Waals surface area contributed by atoms with E-state index < -0.39 is 22.6 Å². The van der Waals surface area contributed by atoms with Crippen molar-refractivity contribution in [2.24, 2.45) is 10.4 Å². The van der Waals surface area contributed by atoms with E-state index in [-0.39, 0.29) is 33.7 Å². The van der Waals surface area contributed by atoms with Crippen LogP contribution in [-0.2, 0) is 0 Å². The van der Waals surface area contributed by atoms with Crippen LogP contribution in [0.5, 0.6) is 17.2 Å². The van der Waals surface area contributed by atoms with Crippen molar-refractivity contribution in [3.63, 3.8) is 0 Å². The van der Waals surface area contributed by atoms with Crippen molar-refractivity contribution in [2.75, 3.05) is 0 Å². The Morgan fingerprint density at radius 3 is 2.38 bits per heavy atom. The van der Waals surface area contributed by atoms with Gasteiger partial charge in [0.2, 0.25) is 0 Å². The van der Waals surface area contributed by atoms with Gasteiger partial charge in [-0.2, -0.15) is 0 Å². The molecule has 120 valence electrons. The molecule has 2 aromatic carbocycles. The Kier molecular flexibility index (Phi) is 3.45. The fourth-order valence-corrected chi connectivity index (χ4v) is 2.32. The Bertz CT molecular complexity index is 1060. The highest BCUT2D eigenvalue weighted by molar-refractivity contribution is 5.91. The van der Waals surface area contributed by atoms with Gasteiger partial charge in [-0.3, -0.25) is 4.79 Å². The zero-order valence-electron chi connectivity index (χ0n) is 11.8. The molecule has 0 saturated carbocycles. The van der Waals surface area contributed by atoms with Crippen molar-refractivity contribution in [3.8, 4) is 28.6 Å². The molecule has 1 aromatic heterocycles. The molecule has 0 amide bonds. The normalized spacial score (nSPS) is 10.7. The Labute approximate surface area is 132 Å². The fourth-order valence-electron chi connectivity index (χ4n) is 2.32. The number of rotatable bonds is 3. The number of aromatic hydroxyl groups is 3. The van der Waals surface area contributed by atoms with Crippen molar-refractivity contribution < 1.29 is 19.7 Å². The van der Waals surface area contributed by atoms with Crippen molar-refractivity contribution in [3.05, 3.63) is 50.4 Å². The lowest BCUT2D eigenvalue weighted by molar-refractivity contribution is 0.405. The van der Waals surface area contributed by atoms with Crippen molar-refractivity contribution in [1.82, 2.24) is 0 Å². The summed E-state index contributed by atoms with van der Waals surface area (Å²) in [5.74, 6) is -1.84. The maximum absolute atomic E-state index is 12.3. The molecular formula is C15H8N2O7. The van der Waals surface area contributed by atoms with E-state index in [9.17, 15) is 29.9 Å². The van der Waals surface area contributed by atoms with Gasteiger partial charge in [-0.25, -0.2) is 0 Å². The van der Waals surface area contributed by atoms with E-state index in [2.05, 4.69) is 10.4 Å². The van der Waals surface area contributed by atoms with Crippen LogP contribution < -0.4 is 5.43 Å². The summed E-state index contributed by atoms with van der Waals surface area (Å²) in [6, 6.07) is 5.40. The summed E-state index contributed by atoms with van der Waals surface area (Å²) in [6.07, 6.45) is 0. The van der Waals surface area contributed by atoms with Crippen LogP contribution in [0, 0.1) is 9.81 Å². The number of fused-ring (bicyclic) bond motifs is 1. The number of nitroso groups, excluding NO2 is 2. The van der Waals surface area contributed by atoms with Gasteiger partial charge < -0.3 is 19.7 Å². The minimum atomic E-state index is -0.767. The Morgan fingerprint density at radius 1 is 0.958 bits per heavy atom. The number of phenolic OH excluding ortho intramolecular Hbond substituents is 3. The van der Waals surface area contributed by atoms with E-state index in [0.29, 0.717) is 0 Å². The Morgan fingerprint density at radius 2 is 1.71 bits per heavy atom. The number of benzene rings is 2. The lowest BCUT2D eigenvalue weighted by Crippen LogP contribution is -2.00. The summed E-state index contributed by atoms with van der Waals surface area (Å²) in [5.41, 5.74) is -1.66. The third-order valence-corrected chi connectivity index (χ3v) is 3.38. The van der Waals surface area contributed by atoms with Gasteiger partial charge in [0, 0.05) is 18.2 Å². The zero-order chi connectivity index (χ0) is 17.4. The molecule has 0 aliphatic carbocycles. The maximum atomic E-state index is 12.3. The predicted octanol–water partition coefficient (Wildman–Crippen LogP) is 3.37. The highest BCUT2D eigenvalue weighted by atomic mass is 16.3. The van der Waals surface area contributed by atoms with E-state index in [1.54, 1.807) is 0 Å². The monoisotopic (exact) mass is 328 g/mol. The topological polar surface area (TPSA) is 150 Å². The van der Waals surface area contributed by atoms with Crippen molar-refractivity contribution in [2.45, 2.75) is 0 Å². The van der Waals surface area contributed by atoms with Crippen LogP contribution in [-0.4, -0.2) is 15.3 Å². The van der Waals surface area contributed by atoms with Crippen LogP contribution in [0.25, 0.3) is 22.3 Å². The van der Waals surface area contributed by atoms with Gasteiger partial charge >= 0.3 is 0 Å². The van der Waals surface area contributed by atoms with E-state index in [1.165, 1.54) is 6.07 Å². The molecule has 3 rings (SSSR count). The molecule has 3 aromatic rings. The molecule has 0 radical (unpaired) electrons. The molecule has 0 atom stereocenters. The molecule has 0 aliphatic rings. The van der Waals surface area contributed by atoms with Gasteiger partial charge in [0.1, 0.15) is 22.8 Å². The molecule has 0 saturated heterocycles. The van der Waals surface area contributed by atoms with E-state index in [1.807, 2.05) is 0 Å². The number of phenols is 3. The summed E-state index contributed by atoms with van der Waals surface area (Å²) < 4.78 is 5.44. The minimum Gasteiger partial charge on any atom is -0.508 e. The van der Waals surface area contributed by atoms with Crippen LogP contribution >= 0.6 is 0 Å². The van der Waals surface area contributed by atoms with Gasteiger partial charge in [0.05, 0.1) is 10.9 Å². The standard InChI is InChI=1S/C15H8N2O7/c18-6-3-8(16-22)13-10(20)5-11(24-12(13)4-6)7-1-2-9(19)15(21)14(7)17-23/h1-5,18-19,21H. The first-order valence-corrected chi connectivity index (χ1v) is 6.49. The fraction of sp³-hybridized carbons (Fsp3) is 0. The maximum Gasteiger partial charge on any atom is 0.195 e. The Hall–Kier alpha value is -3.75. The molecule has 9 nitrogen and oxygen atoms in total. The molecule has 0 aliphatic heterocycles. The average molecular weight is 328 g/mol. The average Bonchev–Trinajstić information content (AvgIpc) is 2.55. The highest BCUT2D eigenvalue weighted by Gasteiger charge is 2.19. The second kappa shape index (κ2) is 5.47. The predicted molar refractivity (Wildman–Crippen MR) is 83.8 cm³/mol. The molecule has 0 bridgehead atoms. The highest BCUT2D eigenvalue weighted by Crippen LogP contribution is 2.43. The molecule has 0 spiro atoms. The minimum absolute atomic E-state index is 0.0525. The van der Waals surface area contributed by atoms with E-state index in [4.69, 9.17) is 4.42 Å². The quantitative estimate of drug-likeness (QED) is 0.492. The number of nitrogens with zero attached hydrogens (tertiary/aromatic N) is 2. The third kappa shape index (κ3) is 2.24. The van der Waals surface area contributed by atoms with Crippen LogP contribution in [0.3, 0.4) is 0 Å². The van der Waals surface area contributed by atoms with Gasteiger partial charge in [0.25, 0.3) is 0 Å². The second-order valence-corrected chi connectivity index (χ2v) is 4.82. The first kappa shape index (κ1) is 15.2. The van der Waals surface area contributed by atoms with Crippen molar-refractivity contribution in [1.29, 1.82) is 0 Å². The molecule has 1 heterocycles. The molecule has 0 unspecified atom stereocenters. The molecule has 24 heavy (non-hydrogen) atoms. The van der Waals surface area contributed by atoms with Crippen LogP contribution in [0.4, 0.5) is 11.4 Å². The van der Waals surface area contributed by atoms with E-state index >= 15 is 0 Å². The summed E-state index contributed by atoms with van der Waals surface area (Å²) in [6.45, 7) is 0. The Balaban J connectivity index is 2.38. The third-order valence-electron chi connectivity index (χ3n) is 3.38. The van der Waals surface area contributed by atoms with Gasteiger partial charge in [-0.05, 0) is 22.5 Å². The number of hydrogen-bond acceptors (Lipinski definition) is 9.